The monoisotopic (exact) mass is 533 g/mol. The van der Waals surface area contributed by atoms with Gasteiger partial charge in [0.05, 0.1) is 32.9 Å². The summed E-state index contributed by atoms with van der Waals surface area (Å²) in [5, 5.41) is 3.15. The summed E-state index contributed by atoms with van der Waals surface area (Å²) in [4.78, 5) is 43.2. The van der Waals surface area contributed by atoms with Crippen molar-refractivity contribution in [2.24, 2.45) is 0 Å². The van der Waals surface area contributed by atoms with Gasteiger partial charge in [-0.05, 0) is 30.7 Å². The number of amides is 3. The fraction of sp³-hybridized carbons (Fsp3) is 0.111. The van der Waals surface area contributed by atoms with Crippen LogP contribution in [-0.2, 0) is 14.4 Å². The molecule has 0 aromatic heterocycles. The SMILES string of the molecule is CC(c1ccccc1)N1C(=O)C(=C2C(=O)N(CC(=O)Nc3ccccc3Cl)c3ccccc32)SC1=S. The minimum Gasteiger partial charge on any atom is -0.323 e. The predicted octanol–water partition coefficient (Wildman–Crippen LogP) is 5.66. The molecule has 2 aliphatic rings. The molecular weight excluding hydrogens is 514 g/mol. The molecular formula is C27H20ClN3O3S2. The average Bonchev–Trinajstić information content (AvgIpc) is 3.32. The fourth-order valence-corrected chi connectivity index (χ4v) is 5.97. The lowest BCUT2D eigenvalue weighted by molar-refractivity contribution is -0.123. The van der Waals surface area contributed by atoms with Gasteiger partial charge in [0.1, 0.15) is 10.9 Å². The smallest absolute Gasteiger partial charge is 0.267 e. The minimum absolute atomic E-state index is 0.231. The summed E-state index contributed by atoms with van der Waals surface area (Å²) in [6.07, 6.45) is 0. The Bertz CT molecular complexity index is 1440. The van der Waals surface area contributed by atoms with E-state index >= 15 is 0 Å². The molecule has 1 atom stereocenters. The molecule has 0 saturated carbocycles. The van der Waals surface area contributed by atoms with E-state index in [0.29, 0.717) is 26.3 Å². The van der Waals surface area contributed by atoms with Crippen LogP contribution in [0.25, 0.3) is 5.57 Å². The summed E-state index contributed by atoms with van der Waals surface area (Å²) < 4.78 is 0.388. The molecule has 0 aliphatic carbocycles. The van der Waals surface area contributed by atoms with Crippen molar-refractivity contribution >= 4 is 74.6 Å². The molecule has 180 valence electrons. The second-order valence-corrected chi connectivity index (χ2v) is 10.3. The number of para-hydroxylation sites is 2. The van der Waals surface area contributed by atoms with Crippen molar-refractivity contribution in [1.82, 2.24) is 4.90 Å². The maximum atomic E-state index is 13.6. The predicted molar refractivity (Wildman–Crippen MR) is 148 cm³/mol. The number of hydrogen-bond donors (Lipinski definition) is 1. The topological polar surface area (TPSA) is 69.7 Å². The Hall–Kier alpha value is -3.46. The van der Waals surface area contributed by atoms with Gasteiger partial charge in [-0.3, -0.25) is 24.2 Å². The van der Waals surface area contributed by atoms with Crippen molar-refractivity contribution in [3.8, 4) is 0 Å². The first-order chi connectivity index (χ1) is 17.4. The molecule has 1 saturated heterocycles. The van der Waals surface area contributed by atoms with Gasteiger partial charge in [0.15, 0.2) is 0 Å². The van der Waals surface area contributed by atoms with Crippen LogP contribution in [0.1, 0.15) is 24.1 Å². The number of fused-ring (bicyclic) bond motifs is 1. The van der Waals surface area contributed by atoms with Crippen molar-refractivity contribution < 1.29 is 14.4 Å². The maximum absolute atomic E-state index is 13.6. The van der Waals surface area contributed by atoms with Gasteiger partial charge in [0.2, 0.25) is 5.91 Å². The number of thiocarbonyl (C=S) groups is 1. The highest BCUT2D eigenvalue weighted by atomic mass is 35.5. The van der Waals surface area contributed by atoms with Crippen LogP contribution in [0.4, 0.5) is 11.4 Å². The molecule has 5 rings (SSSR count). The summed E-state index contributed by atoms with van der Waals surface area (Å²) >= 11 is 12.8. The zero-order valence-corrected chi connectivity index (χ0v) is 21.5. The van der Waals surface area contributed by atoms with Crippen LogP contribution in [0.3, 0.4) is 0 Å². The number of rotatable bonds is 5. The Morgan fingerprint density at radius 3 is 2.39 bits per heavy atom. The van der Waals surface area contributed by atoms with Crippen molar-refractivity contribution in [3.63, 3.8) is 0 Å². The van der Waals surface area contributed by atoms with Gasteiger partial charge in [-0.15, -0.1) is 0 Å². The molecule has 1 unspecified atom stereocenters. The summed E-state index contributed by atoms with van der Waals surface area (Å²) in [7, 11) is 0. The van der Waals surface area contributed by atoms with Crippen molar-refractivity contribution in [2.75, 3.05) is 16.8 Å². The zero-order valence-electron chi connectivity index (χ0n) is 19.1. The number of nitrogens with one attached hydrogen (secondary N) is 1. The molecule has 1 fully saturated rings. The number of anilines is 2. The molecule has 9 heteroatoms. The van der Waals surface area contributed by atoms with Crippen LogP contribution in [0.2, 0.25) is 5.02 Å². The highest BCUT2D eigenvalue weighted by Gasteiger charge is 2.43. The van der Waals surface area contributed by atoms with E-state index in [1.165, 1.54) is 4.90 Å². The average molecular weight is 534 g/mol. The van der Waals surface area contributed by atoms with Crippen LogP contribution in [0.15, 0.2) is 83.8 Å². The number of hydrogen-bond acceptors (Lipinski definition) is 5. The van der Waals surface area contributed by atoms with Gasteiger partial charge >= 0.3 is 0 Å². The normalized spacial score (nSPS) is 18.0. The van der Waals surface area contributed by atoms with E-state index in [4.69, 9.17) is 23.8 Å². The minimum atomic E-state index is -0.418. The molecule has 3 aromatic rings. The van der Waals surface area contributed by atoms with E-state index in [2.05, 4.69) is 5.32 Å². The quantitative estimate of drug-likeness (QED) is 0.338. The van der Waals surface area contributed by atoms with E-state index in [0.717, 1.165) is 17.3 Å². The highest BCUT2D eigenvalue weighted by Crippen LogP contribution is 2.46. The van der Waals surface area contributed by atoms with Gasteiger partial charge in [0.25, 0.3) is 11.8 Å². The Labute approximate surface area is 222 Å². The Morgan fingerprint density at radius 1 is 0.972 bits per heavy atom. The van der Waals surface area contributed by atoms with Gasteiger partial charge < -0.3 is 5.32 Å². The van der Waals surface area contributed by atoms with Crippen molar-refractivity contribution in [2.45, 2.75) is 13.0 Å². The van der Waals surface area contributed by atoms with Crippen LogP contribution in [0.5, 0.6) is 0 Å². The summed E-state index contributed by atoms with van der Waals surface area (Å²) in [6, 6.07) is 23.3. The number of carbonyl (C=O) groups excluding carboxylic acids is 3. The van der Waals surface area contributed by atoms with Gasteiger partial charge in [-0.1, -0.05) is 96.2 Å². The third-order valence-electron chi connectivity index (χ3n) is 6.07. The van der Waals surface area contributed by atoms with E-state index in [-0.39, 0.29) is 29.0 Å². The second-order valence-electron chi connectivity index (χ2n) is 8.27. The molecule has 3 aromatic carbocycles. The Morgan fingerprint density at radius 2 is 1.64 bits per heavy atom. The molecule has 2 heterocycles. The zero-order chi connectivity index (χ0) is 25.4. The lowest BCUT2D eigenvalue weighted by atomic mass is 10.1. The molecule has 1 N–H and O–H groups in total. The lowest BCUT2D eigenvalue weighted by Crippen LogP contribution is -2.35. The van der Waals surface area contributed by atoms with E-state index < -0.39 is 11.8 Å². The van der Waals surface area contributed by atoms with Crippen LogP contribution in [0, 0.1) is 0 Å². The number of benzene rings is 3. The summed E-state index contributed by atoms with van der Waals surface area (Å²) in [5.41, 5.74) is 2.82. The molecule has 36 heavy (non-hydrogen) atoms. The molecule has 0 bridgehead atoms. The Kier molecular flexibility index (Phi) is 6.66. The molecule has 2 aliphatic heterocycles. The van der Waals surface area contributed by atoms with Crippen LogP contribution in [-0.4, -0.2) is 33.5 Å². The summed E-state index contributed by atoms with van der Waals surface area (Å²) in [6.45, 7) is 1.68. The number of nitrogens with zero attached hydrogens (tertiary/aromatic N) is 2. The third-order valence-corrected chi connectivity index (χ3v) is 7.80. The van der Waals surface area contributed by atoms with Gasteiger partial charge in [0, 0.05) is 5.56 Å². The molecule has 0 radical (unpaired) electrons. The largest absolute Gasteiger partial charge is 0.323 e. The summed E-state index contributed by atoms with van der Waals surface area (Å²) in [5.74, 6) is -1.14. The standard InChI is InChI=1S/C27H20ClN3O3S2/c1-16(17-9-3-2-4-10-17)31-26(34)24(36-27(31)35)23-18-11-5-8-14-21(18)30(25(23)33)15-22(32)29-20-13-7-6-12-19(20)28/h2-14,16H,15H2,1H3,(H,29,32). The fourth-order valence-electron chi connectivity index (χ4n) is 4.30. The Balaban J connectivity index is 1.46. The van der Waals surface area contributed by atoms with Gasteiger partial charge in [-0.2, -0.15) is 0 Å². The first kappa shape index (κ1) is 24.2. The number of thioether (sulfide) groups is 1. The first-order valence-corrected chi connectivity index (χ1v) is 12.8. The first-order valence-electron chi connectivity index (χ1n) is 11.2. The van der Waals surface area contributed by atoms with E-state index in [1.807, 2.05) is 37.3 Å². The van der Waals surface area contributed by atoms with Gasteiger partial charge in [-0.25, -0.2) is 0 Å². The van der Waals surface area contributed by atoms with Crippen molar-refractivity contribution in [3.05, 3.63) is 99.9 Å². The van der Waals surface area contributed by atoms with E-state index in [1.54, 1.807) is 53.4 Å². The molecule has 3 amide bonds. The van der Waals surface area contributed by atoms with Crippen LogP contribution < -0.4 is 10.2 Å². The van der Waals surface area contributed by atoms with Crippen LogP contribution >= 0.6 is 35.6 Å². The lowest BCUT2D eigenvalue weighted by Gasteiger charge is -2.23. The second kappa shape index (κ2) is 9.89. The molecule has 6 nitrogen and oxygen atoms in total. The number of carbonyl (C=O) groups is 3. The van der Waals surface area contributed by atoms with Crippen molar-refractivity contribution in [1.29, 1.82) is 0 Å². The van der Waals surface area contributed by atoms with E-state index in [9.17, 15) is 14.4 Å². The maximum Gasteiger partial charge on any atom is 0.267 e. The molecule has 0 spiro atoms. The highest BCUT2D eigenvalue weighted by molar-refractivity contribution is 8.26. The number of halogens is 1. The third kappa shape index (κ3) is 4.32.